The Labute approximate surface area is 158 Å². The number of nitrogens with zero attached hydrogens (tertiary/aromatic N) is 1. The number of nitro benzene ring substituents is 1. The van der Waals surface area contributed by atoms with Gasteiger partial charge in [0.15, 0.2) is 6.10 Å². The van der Waals surface area contributed by atoms with Crippen LogP contribution in [0.15, 0.2) is 36.4 Å². The summed E-state index contributed by atoms with van der Waals surface area (Å²) in [4.78, 5) is 34.5. The average molecular weight is 395 g/mol. The van der Waals surface area contributed by atoms with E-state index in [0.29, 0.717) is 5.75 Å². The van der Waals surface area contributed by atoms with Gasteiger partial charge in [0, 0.05) is 18.2 Å². The van der Waals surface area contributed by atoms with Crippen molar-refractivity contribution in [2.75, 3.05) is 12.4 Å². The standard InChI is InChI=1S/C17H15ClN2O7/c1-9(27-17(23)12-5-4-11(26-2)8-15(12)21)16(22)19-14-7-10(20(24)25)3-6-13(14)18/h3-9,21H,1-2H3,(H,19,22). The van der Waals surface area contributed by atoms with Crippen LogP contribution in [-0.4, -0.2) is 35.1 Å². The minimum absolute atomic E-state index is 0.00561. The first-order chi connectivity index (χ1) is 12.7. The minimum atomic E-state index is -1.26. The van der Waals surface area contributed by atoms with E-state index in [2.05, 4.69) is 5.32 Å². The number of hydrogen-bond acceptors (Lipinski definition) is 7. The molecule has 1 unspecified atom stereocenters. The fourth-order valence-electron chi connectivity index (χ4n) is 2.05. The molecule has 0 saturated heterocycles. The molecule has 2 N–H and O–H groups in total. The van der Waals surface area contributed by atoms with E-state index >= 15 is 0 Å². The van der Waals surface area contributed by atoms with Gasteiger partial charge in [-0.2, -0.15) is 0 Å². The lowest BCUT2D eigenvalue weighted by Gasteiger charge is -2.15. The molecule has 0 spiro atoms. The number of esters is 1. The molecule has 27 heavy (non-hydrogen) atoms. The summed E-state index contributed by atoms with van der Waals surface area (Å²) >= 11 is 5.91. The van der Waals surface area contributed by atoms with Gasteiger partial charge in [-0.15, -0.1) is 0 Å². The highest BCUT2D eigenvalue weighted by molar-refractivity contribution is 6.33. The van der Waals surface area contributed by atoms with E-state index in [4.69, 9.17) is 21.1 Å². The summed E-state index contributed by atoms with van der Waals surface area (Å²) in [5.74, 6) is -1.70. The number of nitrogens with one attached hydrogen (secondary N) is 1. The zero-order chi connectivity index (χ0) is 20.1. The number of rotatable bonds is 6. The third-order valence-corrected chi connectivity index (χ3v) is 3.83. The predicted octanol–water partition coefficient (Wildman–Crippen LogP) is 3.15. The van der Waals surface area contributed by atoms with Crippen LogP contribution in [0.4, 0.5) is 11.4 Å². The van der Waals surface area contributed by atoms with Gasteiger partial charge in [-0.05, 0) is 25.1 Å². The van der Waals surface area contributed by atoms with Crippen molar-refractivity contribution in [3.63, 3.8) is 0 Å². The lowest BCUT2D eigenvalue weighted by molar-refractivity contribution is -0.384. The Hall–Kier alpha value is -3.33. The molecule has 0 bridgehead atoms. The lowest BCUT2D eigenvalue weighted by Crippen LogP contribution is -2.30. The van der Waals surface area contributed by atoms with Crippen LogP contribution in [0.3, 0.4) is 0 Å². The van der Waals surface area contributed by atoms with E-state index in [9.17, 15) is 24.8 Å². The Bertz CT molecular complexity index is 901. The number of carbonyl (C=O) groups excluding carboxylic acids is 2. The van der Waals surface area contributed by atoms with Gasteiger partial charge in [-0.3, -0.25) is 14.9 Å². The summed E-state index contributed by atoms with van der Waals surface area (Å²) in [6, 6.07) is 7.51. The van der Waals surface area contributed by atoms with Crippen molar-refractivity contribution >= 4 is 34.9 Å². The van der Waals surface area contributed by atoms with Crippen LogP contribution < -0.4 is 10.1 Å². The first-order valence-corrected chi connectivity index (χ1v) is 7.93. The van der Waals surface area contributed by atoms with Crippen molar-refractivity contribution in [1.29, 1.82) is 0 Å². The Balaban J connectivity index is 2.08. The third-order valence-electron chi connectivity index (χ3n) is 3.50. The van der Waals surface area contributed by atoms with Crippen molar-refractivity contribution in [2.24, 2.45) is 0 Å². The summed E-state index contributed by atoms with van der Waals surface area (Å²) in [7, 11) is 1.40. The second kappa shape index (κ2) is 8.37. The van der Waals surface area contributed by atoms with E-state index in [1.165, 1.54) is 44.4 Å². The molecule has 2 rings (SSSR count). The highest BCUT2D eigenvalue weighted by atomic mass is 35.5. The molecule has 9 nitrogen and oxygen atoms in total. The third kappa shape index (κ3) is 4.85. The molecule has 1 atom stereocenters. The second-order valence-electron chi connectivity index (χ2n) is 5.34. The number of halogens is 1. The Morgan fingerprint density at radius 1 is 1.26 bits per heavy atom. The van der Waals surface area contributed by atoms with Crippen molar-refractivity contribution in [2.45, 2.75) is 13.0 Å². The van der Waals surface area contributed by atoms with E-state index < -0.39 is 22.9 Å². The van der Waals surface area contributed by atoms with Gasteiger partial charge in [0.2, 0.25) is 0 Å². The number of ether oxygens (including phenoxy) is 2. The molecule has 142 valence electrons. The monoisotopic (exact) mass is 394 g/mol. The van der Waals surface area contributed by atoms with Gasteiger partial charge in [-0.1, -0.05) is 11.6 Å². The molecule has 0 radical (unpaired) electrons. The van der Waals surface area contributed by atoms with Gasteiger partial charge < -0.3 is 19.9 Å². The highest BCUT2D eigenvalue weighted by Crippen LogP contribution is 2.27. The van der Waals surface area contributed by atoms with E-state index in [1.807, 2.05) is 0 Å². The fraction of sp³-hybridized carbons (Fsp3) is 0.176. The van der Waals surface area contributed by atoms with Crippen LogP contribution in [0.25, 0.3) is 0 Å². The van der Waals surface area contributed by atoms with Crippen LogP contribution in [0.2, 0.25) is 5.02 Å². The maximum Gasteiger partial charge on any atom is 0.342 e. The Morgan fingerprint density at radius 2 is 1.96 bits per heavy atom. The summed E-state index contributed by atoms with van der Waals surface area (Å²) in [5, 5.41) is 23.1. The maximum atomic E-state index is 12.2. The van der Waals surface area contributed by atoms with Crippen LogP contribution >= 0.6 is 11.6 Å². The zero-order valence-corrected chi connectivity index (χ0v) is 15.0. The van der Waals surface area contributed by atoms with Gasteiger partial charge in [0.25, 0.3) is 11.6 Å². The summed E-state index contributed by atoms with van der Waals surface area (Å²) in [5.41, 5.74) is -0.405. The molecule has 0 aliphatic heterocycles. The molecular weight excluding hydrogens is 380 g/mol. The number of amides is 1. The minimum Gasteiger partial charge on any atom is -0.507 e. The molecular formula is C17H15ClN2O7. The Kier molecular flexibility index (Phi) is 6.19. The Morgan fingerprint density at radius 3 is 2.56 bits per heavy atom. The molecule has 10 heteroatoms. The normalized spacial score (nSPS) is 11.4. The van der Waals surface area contributed by atoms with Crippen molar-refractivity contribution in [1.82, 2.24) is 0 Å². The summed E-state index contributed by atoms with van der Waals surface area (Å²) in [6.07, 6.45) is -1.26. The first kappa shape index (κ1) is 20.0. The lowest BCUT2D eigenvalue weighted by atomic mass is 10.2. The average Bonchev–Trinajstić information content (AvgIpc) is 2.62. The quantitative estimate of drug-likeness (QED) is 0.437. The first-order valence-electron chi connectivity index (χ1n) is 7.55. The van der Waals surface area contributed by atoms with E-state index in [-0.39, 0.29) is 27.7 Å². The maximum absolute atomic E-state index is 12.2. The number of hydrogen-bond donors (Lipinski definition) is 2. The number of benzene rings is 2. The van der Waals surface area contributed by atoms with Gasteiger partial charge >= 0.3 is 5.97 Å². The SMILES string of the molecule is COc1ccc(C(=O)OC(C)C(=O)Nc2cc([N+](=O)[O-])ccc2Cl)c(O)c1. The van der Waals surface area contributed by atoms with Crippen LogP contribution in [0.5, 0.6) is 11.5 Å². The number of non-ortho nitro benzene ring substituents is 1. The van der Waals surface area contributed by atoms with Crippen LogP contribution in [-0.2, 0) is 9.53 Å². The molecule has 0 saturated carbocycles. The zero-order valence-electron chi connectivity index (χ0n) is 14.3. The molecule has 0 fully saturated rings. The number of phenols is 1. The van der Waals surface area contributed by atoms with Crippen molar-refractivity contribution in [3.8, 4) is 11.5 Å². The molecule has 2 aromatic carbocycles. The second-order valence-corrected chi connectivity index (χ2v) is 5.75. The number of phenolic OH excluding ortho intramolecular Hbond substituents is 1. The molecule has 0 heterocycles. The molecule has 0 aliphatic carbocycles. The molecule has 2 aromatic rings. The summed E-state index contributed by atoms with van der Waals surface area (Å²) in [6.45, 7) is 1.30. The van der Waals surface area contributed by atoms with Crippen LogP contribution in [0.1, 0.15) is 17.3 Å². The fourth-order valence-corrected chi connectivity index (χ4v) is 2.21. The van der Waals surface area contributed by atoms with E-state index in [1.54, 1.807) is 0 Å². The van der Waals surface area contributed by atoms with Gasteiger partial charge in [0.1, 0.15) is 17.1 Å². The number of aromatic hydroxyl groups is 1. The number of methoxy groups -OCH3 is 1. The number of carbonyl (C=O) groups is 2. The van der Waals surface area contributed by atoms with E-state index in [0.717, 1.165) is 6.07 Å². The van der Waals surface area contributed by atoms with Crippen molar-refractivity contribution < 1.29 is 29.1 Å². The predicted molar refractivity (Wildman–Crippen MR) is 96.3 cm³/mol. The largest absolute Gasteiger partial charge is 0.507 e. The molecule has 0 aliphatic rings. The topological polar surface area (TPSA) is 128 Å². The number of nitro groups is 1. The van der Waals surface area contributed by atoms with Gasteiger partial charge in [0.05, 0.1) is 22.7 Å². The molecule has 0 aromatic heterocycles. The number of anilines is 1. The van der Waals surface area contributed by atoms with Gasteiger partial charge in [-0.25, -0.2) is 4.79 Å². The summed E-state index contributed by atoms with van der Waals surface area (Å²) < 4.78 is 9.93. The smallest absolute Gasteiger partial charge is 0.342 e. The van der Waals surface area contributed by atoms with Crippen molar-refractivity contribution in [3.05, 3.63) is 57.1 Å². The highest BCUT2D eigenvalue weighted by Gasteiger charge is 2.22. The van der Waals surface area contributed by atoms with Crippen LogP contribution in [0, 0.1) is 10.1 Å². The molecule has 1 amide bonds.